The van der Waals surface area contributed by atoms with Gasteiger partial charge in [-0.1, -0.05) is 62.3 Å². The Labute approximate surface area is 190 Å². The van der Waals surface area contributed by atoms with Crippen LogP contribution in [-0.2, 0) is 16.2 Å². The molecule has 162 valence electrons. The normalized spacial score (nSPS) is 12.7. The molecule has 0 fully saturated rings. The molecule has 0 bridgehead atoms. The van der Waals surface area contributed by atoms with Gasteiger partial charge in [0.1, 0.15) is 0 Å². The highest BCUT2D eigenvalue weighted by Crippen LogP contribution is 2.35. The van der Waals surface area contributed by atoms with Gasteiger partial charge in [0.25, 0.3) is 0 Å². The largest absolute Gasteiger partial charge is 0.0631 e. The highest BCUT2D eigenvalue weighted by Gasteiger charge is 2.25. The van der Waals surface area contributed by atoms with E-state index in [4.69, 9.17) is 0 Å². The molecule has 3 aromatic rings. The molecule has 0 saturated carbocycles. The predicted molar refractivity (Wildman–Crippen MR) is 136 cm³/mol. The molecule has 3 aromatic carbocycles. The molecular weight excluding hydrogens is 372 g/mol. The highest BCUT2D eigenvalue weighted by molar-refractivity contribution is 5.58. The van der Waals surface area contributed by atoms with E-state index in [2.05, 4.69) is 135 Å². The van der Waals surface area contributed by atoms with Crippen LogP contribution in [0.4, 0.5) is 0 Å². The van der Waals surface area contributed by atoms with Crippen molar-refractivity contribution in [3.63, 3.8) is 0 Å². The first-order valence-corrected chi connectivity index (χ1v) is 11.5. The number of hydrogen-bond acceptors (Lipinski definition) is 0. The molecule has 0 heterocycles. The van der Waals surface area contributed by atoms with Crippen LogP contribution in [-0.4, -0.2) is 0 Å². The molecule has 3 rings (SSSR count). The lowest BCUT2D eigenvalue weighted by Crippen LogP contribution is -2.13. The Bertz CT molecular complexity index is 844. The molecule has 0 aliphatic heterocycles. The van der Waals surface area contributed by atoms with Gasteiger partial charge in [-0.15, -0.1) is 0 Å². The fourth-order valence-electron chi connectivity index (χ4n) is 3.91. The summed E-state index contributed by atoms with van der Waals surface area (Å²) in [5, 5.41) is 0. The molecule has 0 unspecified atom stereocenters. The summed E-state index contributed by atoms with van der Waals surface area (Å²) in [4.78, 5) is 0. The third-order valence-electron chi connectivity index (χ3n) is 6.12. The van der Waals surface area contributed by atoms with Gasteiger partial charge in [0.2, 0.25) is 0 Å². The summed E-state index contributed by atoms with van der Waals surface area (Å²) in [6.45, 7) is 20.4. The van der Waals surface area contributed by atoms with Crippen molar-refractivity contribution in [1.82, 2.24) is 0 Å². The molecule has 0 aliphatic carbocycles. The maximum atomic E-state index is 2.28. The van der Waals surface area contributed by atoms with Gasteiger partial charge in [0.15, 0.2) is 0 Å². The third kappa shape index (κ3) is 5.42. The van der Waals surface area contributed by atoms with Crippen LogP contribution >= 0.6 is 0 Å². The van der Waals surface area contributed by atoms with Crippen molar-refractivity contribution in [3.8, 4) is 0 Å². The molecule has 0 nitrogen and oxygen atoms in total. The Balaban J connectivity index is 2.08. The van der Waals surface area contributed by atoms with Crippen LogP contribution in [0.1, 0.15) is 95.7 Å². The molecule has 0 aliphatic rings. The van der Waals surface area contributed by atoms with Gasteiger partial charge in [-0.2, -0.15) is 0 Å². The first-order chi connectivity index (χ1) is 14.3. The fraction of sp³-hybridized carbons (Fsp3) is 0.387. The van der Waals surface area contributed by atoms with Gasteiger partial charge in [-0.05, 0) is 106 Å². The Kier molecular flexibility index (Phi) is 6.16. The summed E-state index contributed by atoms with van der Waals surface area (Å²) in [5.74, 6) is 1.29. The molecular formula is C31H39+. The Morgan fingerprint density at radius 2 is 0.548 bits per heavy atom. The van der Waals surface area contributed by atoms with Crippen molar-refractivity contribution in [1.29, 1.82) is 0 Å². The van der Waals surface area contributed by atoms with E-state index in [1.54, 1.807) is 0 Å². The Hall–Kier alpha value is -2.47. The average molecular weight is 412 g/mol. The summed E-state index contributed by atoms with van der Waals surface area (Å²) in [7, 11) is 0. The Morgan fingerprint density at radius 3 is 0.710 bits per heavy atom. The number of benzene rings is 3. The summed E-state index contributed by atoms with van der Waals surface area (Å²) < 4.78 is 0. The van der Waals surface area contributed by atoms with Gasteiger partial charge in [-0.25, -0.2) is 0 Å². The molecule has 0 N–H and O–H groups in total. The van der Waals surface area contributed by atoms with E-state index in [0.29, 0.717) is 0 Å². The molecule has 0 spiro atoms. The molecule has 0 aromatic heterocycles. The van der Waals surface area contributed by atoms with Gasteiger partial charge in [0, 0.05) is 0 Å². The number of hydrogen-bond donors (Lipinski definition) is 0. The minimum absolute atomic E-state index is 0.154. The zero-order valence-electron chi connectivity index (χ0n) is 20.9. The van der Waals surface area contributed by atoms with E-state index in [1.165, 1.54) is 39.3 Å². The molecule has 0 saturated heterocycles. The van der Waals surface area contributed by atoms with Crippen LogP contribution in [0.5, 0.6) is 0 Å². The predicted octanol–water partition coefficient (Wildman–Crippen LogP) is 8.60. The summed E-state index contributed by atoms with van der Waals surface area (Å²) >= 11 is 0. The smallest absolute Gasteiger partial charge is 0.0560 e. The standard InChI is InChI=1S/C31H39/c1-29(2,3)25-16-10-22(11-17-25)28(23-12-18-26(19-13-23)30(4,5)6)24-14-20-27(21-15-24)31(7,8)9/h10-21H,1-9H3/q+1. The first-order valence-electron chi connectivity index (χ1n) is 11.5. The second-order valence-electron chi connectivity index (χ2n) is 11.9. The maximum absolute atomic E-state index is 2.28. The Morgan fingerprint density at radius 1 is 0.355 bits per heavy atom. The van der Waals surface area contributed by atoms with Gasteiger partial charge < -0.3 is 0 Å². The lowest BCUT2D eigenvalue weighted by molar-refractivity contribution is 0.590. The highest BCUT2D eigenvalue weighted by atomic mass is 14.3. The second kappa shape index (κ2) is 8.23. The minimum Gasteiger partial charge on any atom is -0.0560 e. The van der Waals surface area contributed by atoms with Crippen molar-refractivity contribution in [2.45, 2.75) is 78.6 Å². The van der Waals surface area contributed by atoms with E-state index in [9.17, 15) is 0 Å². The van der Waals surface area contributed by atoms with Gasteiger partial charge >= 0.3 is 0 Å². The van der Waals surface area contributed by atoms with Crippen molar-refractivity contribution >= 4 is 0 Å². The molecule has 0 amide bonds. The zero-order chi connectivity index (χ0) is 23.0. The van der Waals surface area contributed by atoms with E-state index >= 15 is 0 Å². The third-order valence-corrected chi connectivity index (χ3v) is 6.12. The monoisotopic (exact) mass is 411 g/mol. The van der Waals surface area contributed by atoms with Crippen LogP contribution in [0.3, 0.4) is 0 Å². The lowest BCUT2D eigenvalue weighted by atomic mass is 9.79. The second-order valence-corrected chi connectivity index (χ2v) is 11.9. The van der Waals surface area contributed by atoms with Crippen LogP contribution in [0.2, 0.25) is 0 Å². The van der Waals surface area contributed by atoms with Crippen molar-refractivity contribution in [2.24, 2.45) is 0 Å². The summed E-state index contributed by atoms with van der Waals surface area (Å²) in [6, 6.07) is 27.4. The molecule has 31 heavy (non-hydrogen) atoms. The lowest BCUT2D eigenvalue weighted by Gasteiger charge is -2.22. The van der Waals surface area contributed by atoms with Crippen molar-refractivity contribution < 1.29 is 0 Å². The SMILES string of the molecule is CC(C)(C)c1ccc([C+](c2ccc(C(C)(C)C)cc2)c2ccc(C(C)(C)C)cc2)cc1. The van der Waals surface area contributed by atoms with Gasteiger partial charge in [0.05, 0.1) is 22.6 Å². The van der Waals surface area contributed by atoms with Gasteiger partial charge in [-0.3, -0.25) is 0 Å². The van der Waals surface area contributed by atoms with E-state index < -0.39 is 0 Å². The molecule has 0 heteroatoms. The molecule has 0 radical (unpaired) electrons. The van der Waals surface area contributed by atoms with Crippen molar-refractivity contribution in [2.75, 3.05) is 0 Å². The average Bonchev–Trinajstić information content (AvgIpc) is 2.67. The van der Waals surface area contributed by atoms with E-state index in [-0.39, 0.29) is 16.2 Å². The zero-order valence-corrected chi connectivity index (χ0v) is 20.9. The van der Waals surface area contributed by atoms with Crippen molar-refractivity contribution in [3.05, 3.63) is 112 Å². The van der Waals surface area contributed by atoms with E-state index in [1.807, 2.05) is 0 Å². The number of rotatable bonds is 3. The topological polar surface area (TPSA) is 0 Å². The first kappa shape index (κ1) is 23.2. The summed E-state index contributed by atoms with van der Waals surface area (Å²) in [6.07, 6.45) is 0. The van der Waals surface area contributed by atoms with Crippen LogP contribution in [0.15, 0.2) is 72.8 Å². The summed E-state index contributed by atoms with van der Waals surface area (Å²) in [5.41, 5.74) is 8.34. The van der Waals surface area contributed by atoms with Crippen LogP contribution < -0.4 is 0 Å². The van der Waals surface area contributed by atoms with E-state index in [0.717, 1.165) is 0 Å². The maximum Gasteiger partial charge on any atom is 0.0631 e. The molecule has 0 atom stereocenters. The van der Waals surface area contributed by atoms with Crippen LogP contribution in [0, 0.1) is 5.92 Å². The fourth-order valence-corrected chi connectivity index (χ4v) is 3.91. The minimum atomic E-state index is 0.154. The quantitative estimate of drug-likeness (QED) is 0.299. The van der Waals surface area contributed by atoms with Crippen LogP contribution in [0.25, 0.3) is 0 Å².